The first kappa shape index (κ1) is 17.4. The average molecular weight is 388 g/mol. The molecule has 3 aromatic heterocycles. The molecule has 0 spiro atoms. The Morgan fingerprint density at radius 1 is 1.46 bits per heavy atom. The molecule has 136 valence electrons. The fourth-order valence-corrected chi connectivity index (χ4v) is 5.48. The Bertz CT molecular complexity index is 988. The minimum atomic E-state index is -0.0592. The molecule has 2 N–H and O–H groups in total. The lowest BCUT2D eigenvalue weighted by Gasteiger charge is -2.17. The first-order valence-electron chi connectivity index (χ1n) is 8.92. The van der Waals surface area contributed by atoms with E-state index in [0.29, 0.717) is 31.1 Å². The van der Waals surface area contributed by atoms with E-state index in [-0.39, 0.29) is 11.5 Å². The number of fused-ring (bicyclic) bond motifs is 3. The molecule has 4 rings (SSSR count). The summed E-state index contributed by atoms with van der Waals surface area (Å²) in [6, 6.07) is 3.97. The minimum absolute atomic E-state index is 0.0274. The van der Waals surface area contributed by atoms with Crippen molar-refractivity contribution in [2.45, 2.75) is 45.6 Å². The summed E-state index contributed by atoms with van der Waals surface area (Å²) >= 11 is 3.27. The molecule has 5 nitrogen and oxygen atoms in total. The van der Waals surface area contributed by atoms with Crippen LogP contribution in [0.3, 0.4) is 0 Å². The number of nitrogens with one attached hydrogen (secondary N) is 2. The molecule has 1 aliphatic carbocycles. The number of amides is 1. The number of rotatable bonds is 5. The van der Waals surface area contributed by atoms with Crippen LogP contribution in [0.2, 0.25) is 0 Å². The molecule has 7 heteroatoms. The number of hydrogen-bond acceptors (Lipinski definition) is 5. The number of carbonyl (C=O) groups is 1. The van der Waals surface area contributed by atoms with Gasteiger partial charge < -0.3 is 10.3 Å². The predicted molar refractivity (Wildman–Crippen MR) is 106 cm³/mol. The molecule has 0 aliphatic heterocycles. The third-order valence-corrected chi connectivity index (χ3v) is 6.87. The van der Waals surface area contributed by atoms with Crippen LogP contribution < -0.4 is 10.9 Å². The highest BCUT2D eigenvalue weighted by Crippen LogP contribution is 2.35. The van der Waals surface area contributed by atoms with Crippen molar-refractivity contribution >= 4 is 38.8 Å². The molecule has 0 radical (unpaired) electrons. The van der Waals surface area contributed by atoms with Gasteiger partial charge in [-0.15, -0.1) is 22.7 Å². The molecular formula is C19H21N3O2S2. The highest BCUT2D eigenvalue weighted by atomic mass is 32.1. The second kappa shape index (κ2) is 7.32. The Morgan fingerprint density at radius 2 is 2.35 bits per heavy atom. The van der Waals surface area contributed by atoms with Crippen LogP contribution in [0.25, 0.3) is 10.2 Å². The van der Waals surface area contributed by atoms with Gasteiger partial charge in [0.05, 0.1) is 11.9 Å². The van der Waals surface area contributed by atoms with Gasteiger partial charge in [0.2, 0.25) is 5.91 Å². The van der Waals surface area contributed by atoms with Gasteiger partial charge in [-0.1, -0.05) is 13.0 Å². The minimum Gasteiger partial charge on any atom is -0.351 e. The number of hydrogen-bond donors (Lipinski definition) is 2. The van der Waals surface area contributed by atoms with Crippen molar-refractivity contribution in [2.75, 3.05) is 0 Å². The number of aromatic nitrogens is 2. The molecule has 0 unspecified atom stereocenters. The number of thiophene rings is 2. The van der Waals surface area contributed by atoms with E-state index in [4.69, 9.17) is 0 Å². The fourth-order valence-electron chi connectivity index (χ4n) is 3.43. The summed E-state index contributed by atoms with van der Waals surface area (Å²) in [5.74, 6) is 1.24. The SMILES string of the molecule is C[C@H]1CCc2c(sc3nc(CCC(=O)NCc4cccs4)[nH]c(=O)c23)C1. The van der Waals surface area contributed by atoms with Crippen LogP contribution in [0.1, 0.15) is 40.9 Å². The van der Waals surface area contributed by atoms with Crippen LogP contribution in [0, 0.1) is 5.92 Å². The first-order chi connectivity index (χ1) is 12.6. The van der Waals surface area contributed by atoms with Crippen LogP contribution in [-0.4, -0.2) is 15.9 Å². The van der Waals surface area contributed by atoms with Crippen LogP contribution in [-0.2, 0) is 30.6 Å². The largest absolute Gasteiger partial charge is 0.351 e. The molecular weight excluding hydrogens is 366 g/mol. The Balaban J connectivity index is 1.45. The topological polar surface area (TPSA) is 74.8 Å². The third-order valence-electron chi connectivity index (χ3n) is 4.84. The summed E-state index contributed by atoms with van der Waals surface area (Å²) in [7, 11) is 0. The van der Waals surface area contributed by atoms with E-state index < -0.39 is 0 Å². The van der Waals surface area contributed by atoms with Gasteiger partial charge in [0.25, 0.3) is 5.56 Å². The lowest BCUT2D eigenvalue weighted by Crippen LogP contribution is -2.23. The molecule has 0 aromatic carbocycles. The Labute approximate surface area is 159 Å². The summed E-state index contributed by atoms with van der Waals surface area (Å²) in [5, 5.41) is 5.67. The summed E-state index contributed by atoms with van der Waals surface area (Å²) in [6.07, 6.45) is 3.90. The molecule has 3 aromatic rings. The molecule has 3 heterocycles. The van der Waals surface area contributed by atoms with Crippen LogP contribution in [0.4, 0.5) is 0 Å². The van der Waals surface area contributed by atoms with Gasteiger partial charge in [-0.05, 0) is 42.2 Å². The number of nitrogens with zero attached hydrogens (tertiary/aromatic N) is 1. The van der Waals surface area contributed by atoms with E-state index in [1.165, 1.54) is 10.4 Å². The Kier molecular flexibility index (Phi) is 4.91. The fraction of sp³-hybridized carbons (Fsp3) is 0.421. The second-order valence-electron chi connectivity index (χ2n) is 6.90. The van der Waals surface area contributed by atoms with E-state index >= 15 is 0 Å². The smallest absolute Gasteiger partial charge is 0.259 e. The second-order valence-corrected chi connectivity index (χ2v) is 9.02. The molecule has 26 heavy (non-hydrogen) atoms. The van der Waals surface area contributed by atoms with Crippen molar-refractivity contribution in [1.29, 1.82) is 0 Å². The number of H-pyrrole nitrogens is 1. The summed E-state index contributed by atoms with van der Waals surface area (Å²) in [6.45, 7) is 2.81. The maximum absolute atomic E-state index is 12.6. The number of aryl methyl sites for hydroxylation is 2. The van der Waals surface area contributed by atoms with Gasteiger partial charge in [0, 0.05) is 22.6 Å². The molecule has 1 amide bonds. The van der Waals surface area contributed by atoms with E-state index in [0.717, 1.165) is 34.4 Å². The van der Waals surface area contributed by atoms with Crippen molar-refractivity contribution in [3.05, 3.63) is 49.0 Å². The average Bonchev–Trinajstić information content (AvgIpc) is 3.24. The van der Waals surface area contributed by atoms with E-state index in [9.17, 15) is 9.59 Å². The van der Waals surface area contributed by atoms with E-state index in [2.05, 4.69) is 22.2 Å². The van der Waals surface area contributed by atoms with Crippen molar-refractivity contribution in [1.82, 2.24) is 15.3 Å². The van der Waals surface area contributed by atoms with E-state index in [1.54, 1.807) is 22.7 Å². The third kappa shape index (κ3) is 3.59. The van der Waals surface area contributed by atoms with Gasteiger partial charge in [-0.2, -0.15) is 0 Å². The van der Waals surface area contributed by atoms with Crippen molar-refractivity contribution in [2.24, 2.45) is 5.92 Å². The molecule has 0 saturated carbocycles. The quantitative estimate of drug-likeness (QED) is 0.704. The van der Waals surface area contributed by atoms with Crippen molar-refractivity contribution in [3.8, 4) is 0 Å². The first-order valence-corrected chi connectivity index (χ1v) is 10.6. The van der Waals surface area contributed by atoms with Gasteiger partial charge >= 0.3 is 0 Å². The maximum atomic E-state index is 12.6. The maximum Gasteiger partial charge on any atom is 0.259 e. The lowest BCUT2D eigenvalue weighted by atomic mass is 9.89. The number of aromatic amines is 1. The standard InChI is InChI=1S/C19H21N3O2S2/c1-11-4-5-13-14(9-11)26-19-17(13)18(24)21-15(22-19)6-7-16(23)20-10-12-3-2-8-25-12/h2-3,8,11H,4-7,9-10H2,1H3,(H,20,23)(H,21,22,24)/t11-/m0/s1. The zero-order chi connectivity index (χ0) is 18.1. The highest BCUT2D eigenvalue weighted by molar-refractivity contribution is 7.18. The normalized spacial score (nSPS) is 16.6. The van der Waals surface area contributed by atoms with Crippen LogP contribution in [0.5, 0.6) is 0 Å². The lowest BCUT2D eigenvalue weighted by molar-refractivity contribution is -0.121. The van der Waals surface area contributed by atoms with Crippen molar-refractivity contribution < 1.29 is 4.79 Å². The van der Waals surface area contributed by atoms with Crippen molar-refractivity contribution in [3.63, 3.8) is 0 Å². The molecule has 0 bridgehead atoms. The Morgan fingerprint density at radius 3 is 3.15 bits per heavy atom. The zero-order valence-electron chi connectivity index (χ0n) is 14.6. The summed E-state index contributed by atoms with van der Waals surface area (Å²) < 4.78 is 0. The summed E-state index contributed by atoms with van der Waals surface area (Å²) in [4.78, 5) is 35.4. The van der Waals surface area contributed by atoms with Gasteiger partial charge in [-0.25, -0.2) is 4.98 Å². The summed E-state index contributed by atoms with van der Waals surface area (Å²) in [5.41, 5.74) is 1.13. The molecule has 0 fully saturated rings. The predicted octanol–water partition coefficient (Wildman–Crippen LogP) is 3.42. The van der Waals surface area contributed by atoms with Gasteiger partial charge in [-0.3, -0.25) is 9.59 Å². The van der Waals surface area contributed by atoms with Gasteiger partial charge in [0.1, 0.15) is 10.7 Å². The van der Waals surface area contributed by atoms with E-state index in [1.807, 2.05) is 17.5 Å². The molecule has 1 aliphatic rings. The molecule has 1 atom stereocenters. The zero-order valence-corrected chi connectivity index (χ0v) is 16.3. The highest BCUT2D eigenvalue weighted by Gasteiger charge is 2.23. The Hall–Kier alpha value is -1.99. The number of carbonyl (C=O) groups excluding carboxylic acids is 1. The molecule has 0 saturated heterocycles. The van der Waals surface area contributed by atoms with Crippen LogP contribution in [0.15, 0.2) is 22.3 Å². The monoisotopic (exact) mass is 387 g/mol. The van der Waals surface area contributed by atoms with Crippen LogP contribution >= 0.6 is 22.7 Å². The van der Waals surface area contributed by atoms with Gasteiger partial charge in [0.15, 0.2) is 0 Å².